The number of hydrogen-bond donors (Lipinski definition) is 1. The summed E-state index contributed by atoms with van der Waals surface area (Å²) < 4.78 is 2.14. The summed E-state index contributed by atoms with van der Waals surface area (Å²) in [4.78, 5) is 4.50. The number of hydrogen-bond acceptors (Lipinski definition) is 5. The lowest BCUT2D eigenvalue weighted by Gasteiger charge is -2.06. The highest BCUT2D eigenvalue weighted by molar-refractivity contribution is 5.81. The van der Waals surface area contributed by atoms with Gasteiger partial charge in [-0.05, 0) is 31.5 Å². The van der Waals surface area contributed by atoms with E-state index in [1.165, 1.54) is 0 Å². The number of benzene rings is 1. The molecule has 0 amide bonds. The van der Waals surface area contributed by atoms with Gasteiger partial charge in [0.25, 0.3) is 0 Å². The molecule has 6 heteroatoms. The molecule has 1 aromatic carbocycles. The number of nitrogens with one attached hydrogen (secondary N) is 1. The lowest BCUT2D eigenvalue weighted by molar-refractivity contribution is 0.676. The number of imidazole rings is 1. The number of aromatic nitrogens is 2. The standard InChI is InChI=1S/C16H14N6/c1-3-6-22-11(2)20-14-7-13(4-5-16(14)22)21-15(10-19)12(8-17)9-18/h4-5,7,21H,3,6H2,1-2H3. The van der Waals surface area contributed by atoms with Gasteiger partial charge in [0.1, 0.15) is 29.7 Å². The van der Waals surface area contributed by atoms with E-state index in [1.807, 2.05) is 19.1 Å². The van der Waals surface area contributed by atoms with Crippen LogP contribution in [0.5, 0.6) is 0 Å². The van der Waals surface area contributed by atoms with Crippen LogP contribution in [0.1, 0.15) is 19.2 Å². The molecular weight excluding hydrogens is 276 g/mol. The number of fused-ring (bicyclic) bond motifs is 1. The van der Waals surface area contributed by atoms with E-state index < -0.39 is 0 Å². The van der Waals surface area contributed by atoms with Gasteiger partial charge in [0.2, 0.25) is 0 Å². The van der Waals surface area contributed by atoms with Crippen molar-refractivity contribution < 1.29 is 0 Å². The van der Waals surface area contributed by atoms with Crippen molar-refractivity contribution in [2.75, 3.05) is 5.32 Å². The van der Waals surface area contributed by atoms with Crippen molar-refractivity contribution in [1.29, 1.82) is 15.8 Å². The number of aryl methyl sites for hydroxylation is 2. The van der Waals surface area contributed by atoms with Crippen LogP contribution >= 0.6 is 0 Å². The molecule has 1 aromatic heterocycles. The highest BCUT2D eigenvalue weighted by Crippen LogP contribution is 2.22. The molecule has 0 saturated carbocycles. The van der Waals surface area contributed by atoms with Gasteiger partial charge >= 0.3 is 0 Å². The van der Waals surface area contributed by atoms with E-state index in [1.54, 1.807) is 24.3 Å². The van der Waals surface area contributed by atoms with Crippen LogP contribution in [-0.2, 0) is 6.54 Å². The fourth-order valence-electron chi connectivity index (χ4n) is 2.26. The van der Waals surface area contributed by atoms with Crippen molar-refractivity contribution in [3.63, 3.8) is 0 Å². The Balaban J connectivity index is 2.44. The first-order chi connectivity index (χ1) is 10.6. The maximum Gasteiger partial charge on any atom is 0.163 e. The van der Waals surface area contributed by atoms with Gasteiger partial charge in [-0.15, -0.1) is 0 Å². The summed E-state index contributed by atoms with van der Waals surface area (Å²) in [5, 5.41) is 29.5. The predicted octanol–water partition coefficient (Wildman–Crippen LogP) is 2.99. The Bertz CT molecular complexity index is 851. The van der Waals surface area contributed by atoms with Crippen LogP contribution in [0.15, 0.2) is 29.5 Å². The van der Waals surface area contributed by atoms with E-state index in [0.717, 1.165) is 29.8 Å². The lowest BCUT2D eigenvalue weighted by Crippen LogP contribution is -2.01. The minimum atomic E-state index is -0.240. The van der Waals surface area contributed by atoms with Crippen molar-refractivity contribution >= 4 is 16.7 Å². The zero-order valence-corrected chi connectivity index (χ0v) is 12.4. The first kappa shape index (κ1) is 15.1. The van der Waals surface area contributed by atoms with Crippen LogP contribution in [0.3, 0.4) is 0 Å². The molecule has 1 heterocycles. The average molecular weight is 290 g/mol. The Morgan fingerprint density at radius 1 is 1.23 bits per heavy atom. The van der Waals surface area contributed by atoms with Gasteiger partial charge in [-0.1, -0.05) is 6.92 Å². The molecule has 0 spiro atoms. The minimum Gasteiger partial charge on any atom is -0.345 e. The molecule has 0 fully saturated rings. The van der Waals surface area contributed by atoms with Crippen molar-refractivity contribution in [2.45, 2.75) is 26.8 Å². The molecule has 6 nitrogen and oxygen atoms in total. The molecule has 2 aromatic rings. The van der Waals surface area contributed by atoms with Crippen LogP contribution in [-0.4, -0.2) is 9.55 Å². The second kappa shape index (κ2) is 6.43. The Kier molecular flexibility index (Phi) is 4.41. The van der Waals surface area contributed by atoms with Crippen molar-refractivity contribution in [3.8, 4) is 18.2 Å². The maximum atomic E-state index is 9.06. The van der Waals surface area contributed by atoms with Gasteiger partial charge in [-0.3, -0.25) is 0 Å². The molecule has 0 saturated heterocycles. The fourth-order valence-corrected chi connectivity index (χ4v) is 2.26. The maximum absolute atomic E-state index is 9.06. The average Bonchev–Trinajstić information content (AvgIpc) is 2.83. The first-order valence-corrected chi connectivity index (χ1v) is 6.83. The Morgan fingerprint density at radius 3 is 2.55 bits per heavy atom. The normalized spacial score (nSPS) is 9.59. The molecule has 1 N–H and O–H groups in total. The smallest absolute Gasteiger partial charge is 0.163 e. The van der Waals surface area contributed by atoms with E-state index in [0.29, 0.717) is 5.69 Å². The van der Waals surface area contributed by atoms with Crippen LogP contribution in [0.2, 0.25) is 0 Å². The third kappa shape index (κ3) is 2.75. The van der Waals surface area contributed by atoms with Gasteiger partial charge in [-0.2, -0.15) is 15.8 Å². The molecule has 0 unspecified atom stereocenters. The van der Waals surface area contributed by atoms with E-state index in [-0.39, 0.29) is 11.3 Å². The number of nitriles is 3. The van der Waals surface area contributed by atoms with Gasteiger partial charge in [-0.25, -0.2) is 4.98 Å². The third-order valence-corrected chi connectivity index (χ3v) is 3.24. The zero-order valence-electron chi connectivity index (χ0n) is 12.4. The van der Waals surface area contributed by atoms with Gasteiger partial charge < -0.3 is 9.88 Å². The van der Waals surface area contributed by atoms with Crippen LogP contribution < -0.4 is 5.32 Å². The number of rotatable bonds is 4. The summed E-state index contributed by atoms with van der Waals surface area (Å²) in [5.74, 6) is 0.930. The summed E-state index contributed by atoms with van der Waals surface area (Å²) >= 11 is 0. The molecule has 0 aliphatic heterocycles. The molecule has 0 atom stereocenters. The molecule has 108 valence electrons. The van der Waals surface area contributed by atoms with Gasteiger partial charge in [0.15, 0.2) is 5.57 Å². The predicted molar refractivity (Wildman–Crippen MR) is 82.2 cm³/mol. The second-order valence-corrected chi connectivity index (χ2v) is 4.72. The summed E-state index contributed by atoms with van der Waals surface area (Å²) in [6.07, 6.45) is 1.02. The highest BCUT2D eigenvalue weighted by Gasteiger charge is 2.10. The molecule has 22 heavy (non-hydrogen) atoms. The number of anilines is 1. The van der Waals surface area contributed by atoms with E-state index >= 15 is 0 Å². The molecule has 0 aliphatic rings. The number of nitrogens with zero attached hydrogens (tertiary/aromatic N) is 5. The molecular formula is C16H14N6. The van der Waals surface area contributed by atoms with E-state index in [9.17, 15) is 0 Å². The van der Waals surface area contributed by atoms with E-state index in [4.69, 9.17) is 15.8 Å². The molecule has 0 radical (unpaired) electrons. The monoisotopic (exact) mass is 290 g/mol. The highest BCUT2D eigenvalue weighted by atomic mass is 15.1. The molecule has 0 aliphatic carbocycles. The Morgan fingerprint density at radius 2 is 1.95 bits per heavy atom. The molecule has 2 rings (SSSR count). The van der Waals surface area contributed by atoms with Gasteiger partial charge in [0.05, 0.1) is 11.0 Å². The van der Waals surface area contributed by atoms with Crippen LogP contribution in [0, 0.1) is 40.9 Å². The summed E-state index contributed by atoms with van der Waals surface area (Å²) in [5.41, 5.74) is 2.15. The van der Waals surface area contributed by atoms with Crippen molar-refractivity contribution in [3.05, 3.63) is 35.3 Å². The SMILES string of the molecule is CCCn1c(C)nc2cc(NC(C#N)=C(C#N)C#N)ccc21. The second-order valence-electron chi connectivity index (χ2n) is 4.72. The summed E-state index contributed by atoms with van der Waals surface area (Å²) in [7, 11) is 0. The lowest BCUT2D eigenvalue weighted by atomic mass is 10.2. The quantitative estimate of drug-likeness (QED) is 0.872. The Labute approximate surface area is 128 Å². The molecule has 0 bridgehead atoms. The topological polar surface area (TPSA) is 101 Å². The zero-order chi connectivity index (χ0) is 16.1. The minimum absolute atomic E-state index is 0.0611. The fraction of sp³-hybridized carbons (Fsp3) is 0.250. The number of allylic oxidation sites excluding steroid dienone is 2. The van der Waals surface area contributed by atoms with Crippen LogP contribution in [0.25, 0.3) is 11.0 Å². The van der Waals surface area contributed by atoms with Crippen molar-refractivity contribution in [1.82, 2.24) is 9.55 Å². The summed E-state index contributed by atoms with van der Waals surface area (Å²) in [6.45, 7) is 4.95. The third-order valence-electron chi connectivity index (χ3n) is 3.24. The van der Waals surface area contributed by atoms with E-state index in [2.05, 4.69) is 21.8 Å². The van der Waals surface area contributed by atoms with Crippen molar-refractivity contribution in [2.24, 2.45) is 0 Å². The van der Waals surface area contributed by atoms with Gasteiger partial charge in [0, 0.05) is 12.2 Å². The first-order valence-electron chi connectivity index (χ1n) is 6.83. The Hall–Kier alpha value is -3.30. The van der Waals surface area contributed by atoms with Crippen LogP contribution in [0.4, 0.5) is 5.69 Å². The summed E-state index contributed by atoms with van der Waals surface area (Å²) in [6, 6.07) is 10.8. The largest absolute Gasteiger partial charge is 0.345 e.